The van der Waals surface area contributed by atoms with Crippen molar-refractivity contribution >= 4 is 11.9 Å². The molecule has 1 aliphatic rings. The second-order valence-corrected chi connectivity index (χ2v) is 6.80. The number of aliphatic carboxylic acids is 1. The number of fused-ring (bicyclic) bond motifs is 3. The summed E-state index contributed by atoms with van der Waals surface area (Å²) in [6, 6.07) is 16.3. The summed E-state index contributed by atoms with van der Waals surface area (Å²) in [6.45, 7) is 3.84. The Labute approximate surface area is 147 Å². The quantitative estimate of drug-likeness (QED) is 0.806. The first kappa shape index (κ1) is 17.2. The molecular formula is C21H22O4. The van der Waals surface area contributed by atoms with E-state index in [2.05, 4.69) is 24.3 Å². The summed E-state index contributed by atoms with van der Waals surface area (Å²) in [5.41, 5.74) is 4.64. The van der Waals surface area contributed by atoms with E-state index in [0.29, 0.717) is 0 Å². The van der Waals surface area contributed by atoms with Crippen molar-refractivity contribution in [1.29, 1.82) is 0 Å². The van der Waals surface area contributed by atoms with Crippen LogP contribution in [-0.4, -0.2) is 23.7 Å². The molecule has 0 amide bonds. The Morgan fingerprint density at radius 1 is 1.00 bits per heavy atom. The molecule has 3 rings (SSSR count). The van der Waals surface area contributed by atoms with Crippen LogP contribution in [0.25, 0.3) is 11.1 Å². The molecule has 2 aromatic carbocycles. The topological polar surface area (TPSA) is 63.6 Å². The van der Waals surface area contributed by atoms with Gasteiger partial charge in [0.05, 0.1) is 12.3 Å². The number of hydrogen-bond acceptors (Lipinski definition) is 3. The van der Waals surface area contributed by atoms with E-state index in [-0.39, 0.29) is 24.9 Å². The average molecular weight is 338 g/mol. The second kappa shape index (κ2) is 7.09. The van der Waals surface area contributed by atoms with Crippen LogP contribution < -0.4 is 0 Å². The highest BCUT2D eigenvalue weighted by atomic mass is 16.5. The van der Waals surface area contributed by atoms with Crippen LogP contribution in [0.15, 0.2) is 48.5 Å². The third kappa shape index (κ3) is 3.43. The number of ether oxygens (including phenoxy) is 1. The summed E-state index contributed by atoms with van der Waals surface area (Å²) in [4.78, 5) is 23.4. The van der Waals surface area contributed by atoms with Gasteiger partial charge < -0.3 is 9.84 Å². The van der Waals surface area contributed by atoms with Gasteiger partial charge in [-0.1, -0.05) is 62.4 Å². The third-order valence-electron chi connectivity index (χ3n) is 4.88. The van der Waals surface area contributed by atoms with Crippen molar-refractivity contribution in [3.05, 3.63) is 59.7 Å². The highest BCUT2D eigenvalue weighted by molar-refractivity contribution is 5.80. The lowest BCUT2D eigenvalue weighted by Gasteiger charge is -2.17. The summed E-state index contributed by atoms with van der Waals surface area (Å²) in [6.07, 6.45) is -0.0942. The van der Waals surface area contributed by atoms with Crippen molar-refractivity contribution in [3.63, 3.8) is 0 Å². The fraction of sp³-hybridized carbons (Fsp3) is 0.333. The van der Waals surface area contributed by atoms with E-state index < -0.39 is 17.9 Å². The molecule has 1 aliphatic carbocycles. The molecule has 0 unspecified atom stereocenters. The van der Waals surface area contributed by atoms with Crippen molar-refractivity contribution in [3.8, 4) is 11.1 Å². The maximum atomic E-state index is 12.2. The molecule has 0 bridgehead atoms. The predicted molar refractivity (Wildman–Crippen MR) is 95.3 cm³/mol. The van der Waals surface area contributed by atoms with Crippen molar-refractivity contribution in [2.24, 2.45) is 11.8 Å². The Bertz CT molecular complexity index is 748. The molecule has 0 fully saturated rings. The smallest absolute Gasteiger partial charge is 0.307 e. The minimum atomic E-state index is -0.955. The summed E-state index contributed by atoms with van der Waals surface area (Å²) in [5, 5.41) is 9.22. The first-order valence-electron chi connectivity index (χ1n) is 8.55. The molecule has 0 saturated carbocycles. The normalized spacial score (nSPS) is 14.0. The molecule has 2 aromatic rings. The maximum Gasteiger partial charge on any atom is 0.307 e. The van der Waals surface area contributed by atoms with Crippen molar-refractivity contribution in [2.75, 3.05) is 6.61 Å². The highest BCUT2D eigenvalue weighted by Gasteiger charge is 2.30. The minimum absolute atomic E-state index is 0.00122. The Hall–Kier alpha value is -2.62. The van der Waals surface area contributed by atoms with E-state index in [9.17, 15) is 14.7 Å². The second-order valence-electron chi connectivity index (χ2n) is 6.80. The molecule has 130 valence electrons. The third-order valence-corrected chi connectivity index (χ3v) is 4.88. The lowest BCUT2D eigenvalue weighted by molar-refractivity contribution is -0.153. The Morgan fingerprint density at radius 2 is 1.52 bits per heavy atom. The van der Waals surface area contributed by atoms with Crippen LogP contribution >= 0.6 is 0 Å². The summed E-state index contributed by atoms with van der Waals surface area (Å²) >= 11 is 0. The molecule has 4 heteroatoms. The number of hydrogen-bond donors (Lipinski definition) is 1. The van der Waals surface area contributed by atoms with Crippen LogP contribution in [0.2, 0.25) is 0 Å². The Kier molecular flexibility index (Phi) is 4.88. The van der Waals surface area contributed by atoms with Gasteiger partial charge in [0.25, 0.3) is 0 Å². The van der Waals surface area contributed by atoms with E-state index in [1.165, 1.54) is 11.1 Å². The van der Waals surface area contributed by atoms with E-state index in [0.717, 1.165) is 11.1 Å². The standard InChI is InChI=1S/C21H22O4/c1-13(2)18(21(23)24)11-20(22)25-12-19-16-9-5-3-7-14(16)15-8-4-6-10-17(15)19/h3-10,13,18-19H,11-12H2,1-2H3,(H,23,24)/t18-/m1/s1. The Morgan fingerprint density at radius 3 is 2.00 bits per heavy atom. The number of carbonyl (C=O) groups excluding carboxylic acids is 1. The molecule has 0 spiro atoms. The van der Waals surface area contributed by atoms with Crippen molar-refractivity contribution in [1.82, 2.24) is 0 Å². The van der Waals surface area contributed by atoms with Crippen LogP contribution in [0.1, 0.15) is 37.3 Å². The molecule has 4 nitrogen and oxygen atoms in total. The zero-order valence-electron chi connectivity index (χ0n) is 14.4. The monoisotopic (exact) mass is 338 g/mol. The molecule has 25 heavy (non-hydrogen) atoms. The first-order valence-corrected chi connectivity index (χ1v) is 8.55. The zero-order chi connectivity index (χ0) is 18.0. The molecule has 1 N–H and O–H groups in total. The molecule has 0 heterocycles. The molecule has 0 radical (unpaired) electrons. The van der Waals surface area contributed by atoms with Crippen LogP contribution in [-0.2, 0) is 14.3 Å². The molecule has 0 saturated heterocycles. The minimum Gasteiger partial charge on any atom is -0.481 e. The Balaban J connectivity index is 1.73. The van der Waals surface area contributed by atoms with Gasteiger partial charge in [-0.15, -0.1) is 0 Å². The van der Waals surface area contributed by atoms with Crippen LogP contribution in [0.5, 0.6) is 0 Å². The molecule has 1 atom stereocenters. The van der Waals surface area contributed by atoms with Gasteiger partial charge in [0.15, 0.2) is 0 Å². The van der Waals surface area contributed by atoms with Gasteiger partial charge in [-0.2, -0.15) is 0 Å². The largest absolute Gasteiger partial charge is 0.481 e. The van der Waals surface area contributed by atoms with Crippen molar-refractivity contribution < 1.29 is 19.4 Å². The zero-order valence-corrected chi connectivity index (χ0v) is 14.4. The van der Waals surface area contributed by atoms with Crippen LogP contribution in [0.4, 0.5) is 0 Å². The van der Waals surface area contributed by atoms with E-state index in [4.69, 9.17) is 4.74 Å². The van der Waals surface area contributed by atoms with Crippen LogP contribution in [0, 0.1) is 11.8 Å². The number of carboxylic acids is 1. The fourth-order valence-corrected chi connectivity index (χ4v) is 3.46. The summed E-state index contributed by atoms with van der Waals surface area (Å²) in [5.74, 6) is -2.24. The molecule has 0 aliphatic heterocycles. The number of carboxylic acid groups (broad SMARTS) is 1. The molecule has 0 aromatic heterocycles. The fourth-order valence-electron chi connectivity index (χ4n) is 3.46. The van der Waals surface area contributed by atoms with E-state index >= 15 is 0 Å². The highest BCUT2D eigenvalue weighted by Crippen LogP contribution is 2.44. The number of carbonyl (C=O) groups is 2. The van der Waals surface area contributed by atoms with Crippen LogP contribution in [0.3, 0.4) is 0 Å². The van der Waals surface area contributed by atoms with Gasteiger partial charge in [-0.3, -0.25) is 9.59 Å². The van der Waals surface area contributed by atoms with Gasteiger partial charge in [-0.25, -0.2) is 0 Å². The summed E-state index contributed by atoms with van der Waals surface area (Å²) < 4.78 is 5.47. The first-order chi connectivity index (χ1) is 12.0. The van der Waals surface area contributed by atoms with E-state index in [1.54, 1.807) is 13.8 Å². The maximum absolute atomic E-state index is 12.2. The lowest BCUT2D eigenvalue weighted by Crippen LogP contribution is -2.24. The molecular weight excluding hydrogens is 316 g/mol. The number of benzene rings is 2. The lowest BCUT2D eigenvalue weighted by atomic mass is 9.93. The van der Waals surface area contributed by atoms with Gasteiger partial charge in [0.1, 0.15) is 6.61 Å². The van der Waals surface area contributed by atoms with Gasteiger partial charge in [-0.05, 0) is 28.2 Å². The van der Waals surface area contributed by atoms with Gasteiger partial charge in [0.2, 0.25) is 0 Å². The average Bonchev–Trinajstić information content (AvgIpc) is 2.91. The predicted octanol–water partition coefficient (Wildman–Crippen LogP) is 4.09. The van der Waals surface area contributed by atoms with Crippen molar-refractivity contribution in [2.45, 2.75) is 26.2 Å². The SMILES string of the molecule is CC(C)[C@@H](CC(=O)OCC1c2ccccc2-c2ccccc21)C(=O)O. The summed E-state index contributed by atoms with van der Waals surface area (Å²) in [7, 11) is 0. The number of rotatable bonds is 6. The number of esters is 1. The van der Waals surface area contributed by atoms with Gasteiger partial charge >= 0.3 is 11.9 Å². The van der Waals surface area contributed by atoms with Gasteiger partial charge in [0, 0.05) is 5.92 Å². The van der Waals surface area contributed by atoms with E-state index in [1.807, 2.05) is 24.3 Å².